The quantitative estimate of drug-likeness (QED) is 0.331. The van der Waals surface area contributed by atoms with E-state index in [-0.39, 0.29) is 5.84 Å². The van der Waals surface area contributed by atoms with Crippen LogP contribution in [0, 0.1) is 5.41 Å². The maximum absolute atomic E-state index is 7.30. The molecule has 104 valence electrons. The number of nitrogen functional groups attached to an aromatic ring is 1. The van der Waals surface area contributed by atoms with E-state index >= 15 is 0 Å². The van der Waals surface area contributed by atoms with Crippen molar-refractivity contribution in [2.75, 3.05) is 26.2 Å². The molecular weight excluding hydrogens is 240 g/mol. The molecule has 1 saturated heterocycles. The average molecular weight is 262 g/mol. The van der Waals surface area contributed by atoms with Gasteiger partial charge in [0, 0.05) is 18.2 Å². The number of hydrogen-bond acceptors (Lipinski definition) is 4. The van der Waals surface area contributed by atoms with Crippen LogP contribution in [0.1, 0.15) is 18.4 Å². The first kappa shape index (κ1) is 13.8. The molecule has 19 heavy (non-hydrogen) atoms. The summed E-state index contributed by atoms with van der Waals surface area (Å²) < 4.78 is 5.64. The summed E-state index contributed by atoms with van der Waals surface area (Å²) in [5.74, 6) is 0.911. The number of benzene rings is 1. The van der Waals surface area contributed by atoms with Crippen molar-refractivity contribution in [2.45, 2.75) is 18.9 Å². The first-order chi connectivity index (χ1) is 9.25. The van der Waals surface area contributed by atoms with Crippen LogP contribution in [0.15, 0.2) is 24.3 Å². The average Bonchev–Trinajstić information content (AvgIpc) is 2.92. The van der Waals surface area contributed by atoms with E-state index in [1.165, 1.54) is 6.42 Å². The fraction of sp³-hybridized carbons (Fsp3) is 0.500. The molecule has 5 N–H and O–H groups in total. The van der Waals surface area contributed by atoms with Gasteiger partial charge >= 0.3 is 0 Å². The Morgan fingerprint density at radius 3 is 2.84 bits per heavy atom. The van der Waals surface area contributed by atoms with Gasteiger partial charge in [-0.1, -0.05) is 0 Å². The zero-order valence-corrected chi connectivity index (χ0v) is 11.1. The highest BCUT2D eigenvalue weighted by molar-refractivity contribution is 5.94. The van der Waals surface area contributed by atoms with E-state index in [1.807, 2.05) is 12.1 Å². The molecule has 5 heteroatoms. The number of rotatable bonds is 7. The number of ether oxygens (including phenoxy) is 1. The molecule has 0 bridgehead atoms. The molecule has 0 aliphatic carbocycles. The minimum atomic E-state index is 0.0842. The molecule has 0 aromatic heterocycles. The minimum Gasteiger partial charge on any atom is -0.494 e. The molecule has 1 aliphatic heterocycles. The van der Waals surface area contributed by atoms with Crippen molar-refractivity contribution >= 4 is 5.84 Å². The molecular formula is C14H22N4O. The van der Waals surface area contributed by atoms with Gasteiger partial charge in [-0.15, -0.1) is 0 Å². The summed E-state index contributed by atoms with van der Waals surface area (Å²) in [5.41, 5.74) is 6.12. The molecule has 0 saturated carbocycles. The third-order valence-electron chi connectivity index (χ3n) is 3.25. The van der Waals surface area contributed by atoms with Crippen LogP contribution in [0.5, 0.6) is 5.75 Å². The monoisotopic (exact) mass is 262 g/mol. The second-order valence-electron chi connectivity index (χ2n) is 4.78. The van der Waals surface area contributed by atoms with Gasteiger partial charge in [-0.05, 0) is 50.2 Å². The smallest absolute Gasteiger partial charge is 0.122 e. The third-order valence-corrected chi connectivity index (χ3v) is 3.25. The molecule has 1 heterocycles. The zero-order valence-electron chi connectivity index (χ0n) is 11.1. The van der Waals surface area contributed by atoms with Crippen molar-refractivity contribution < 1.29 is 4.74 Å². The summed E-state index contributed by atoms with van der Waals surface area (Å²) in [6.45, 7) is 3.88. The molecule has 0 spiro atoms. The molecule has 0 amide bonds. The molecule has 1 aromatic carbocycles. The predicted molar refractivity (Wildman–Crippen MR) is 76.8 cm³/mol. The molecule has 1 aromatic rings. The Morgan fingerprint density at radius 2 is 2.21 bits per heavy atom. The Bertz CT molecular complexity index is 398. The van der Waals surface area contributed by atoms with E-state index < -0.39 is 0 Å². The van der Waals surface area contributed by atoms with Crippen LogP contribution in [-0.2, 0) is 0 Å². The fourth-order valence-electron chi connectivity index (χ4n) is 2.13. The Balaban J connectivity index is 1.61. The highest BCUT2D eigenvalue weighted by atomic mass is 16.5. The van der Waals surface area contributed by atoms with Gasteiger partial charge in [-0.2, -0.15) is 0 Å². The SMILES string of the molecule is N=C(N)c1ccc(OCCCNC2CCNC2)cc1. The number of amidine groups is 1. The second-order valence-corrected chi connectivity index (χ2v) is 4.78. The van der Waals surface area contributed by atoms with Gasteiger partial charge < -0.3 is 21.1 Å². The van der Waals surface area contributed by atoms with E-state index in [1.54, 1.807) is 12.1 Å². The Morgan fingerprint density at radius 1 is 1.42 bits per heavy atom. The fourth-order valence-corrected chi connectivity index (χ4v) is 2.13. The summed E-state index contributed by atoms with van der Waals surface area (Å²) in [6.07, 6.45) is 2.21. The van der Waals surface area contributed by atoms with Crippen molar-refractivity contribution in [2.24, 2.45) is 5.73 Å². The lowest BCUT2D eigenvalue weighted by atomic mass is 10.2. The maximum atomic E-state index is 7.30. The van der Waals surface area contributed by atoms with Gasteiger partial charge in [0.2, 0.25) is 0 Å². The second kappa shape index (κ2) is 7.11. The standard InChI is InChI=1S/C14H22N4O/c15-14(16)11-2-4-13(5-3-11)19-9-1-7-18-12-6-8-17-10-12/h2-5,12,17-18H,1,6-10H2,(H3,15,16). The topological polar surface area (TPSA) is 83.2 Å². The predicted octanol–water partition coefficient (Wildman–Crippen LogP) is 0.691. The van der Waals surface area contributed by atoms with Gasteiger partial charge in [-0.3, -0.25) is 5.41 Å². The molecule has 1 fully saturated rings. The summed E-state index contributed by atoms with van der Waals surface area (Å²) in [6, 6.07) is 7.94. The maximum Gasteiger partial charge on any atom is 0.122 e. The van der Waals surface area contributed by atoms with Gasteiger partial charge in [-0.25, -0.2) is 0 Å². The Labute approximate surface area is 114 Å². The Kier molecular flexibility index (Phi) is 5.18. The number of nitrogens with one attached hydrogen (secondary N) is 3. The molecule has 1 aliphatic rings. The summed E-state index contributed by atoms with van der Waals surface area (Å²) in [5, 5.41) is 14.1. The molecule has 0 radical (unpaired) electrons. The summed E-state index contributed by atoms with van der Waals surface area (Å²) >= 11 is 0. The van der Waals surface area contributed by atoms with Crippen LogP contribution in [0.2, 0.25) is 0 Å². The van der Waals surface area contributed by atoms with E-state index in [2.05, 4.69) is 10.6 Å². The van der Waals surface area contributed by atoms with E-state index in [0.717, 1.165) is 37.4 Å². The van der Waals surface area contributed by atoms with Crippen LogP contribution < -0.4 is 21.1 Å². The highest BCUT2D eigenvalue weighted by Gasteiger charge is 2.12. The number of nitrogens with two attached hydrogens (primary N) is 1. The lowest BCUT2D eigenvalue weighted by molar-refractivity contribution is 0.305. The van der Waals surface area contributed by atoms with E-state index in [4.69, 9.17) is 15.9 Å². The Hall–Kier alpha value is -1.59. The van der Waals surface area contributed by atoms with Gasteiger partial charge in [0.15, 0.2) is 0 Å². The van der Waals surface area contributed by atoms with Crippen LogP contribution in [0.3, 0.4) is 0 Å². The zero-order chi connectivity index (χ0) is 13.5. The van der Waals surface area contributed by atoms with Crippen molar-refractivity contribution in [3.63, 3.8) is 0 Å². The normalized spacial score (nSPS) is 18.4. The lowest BCUT2D eigenvalue weighted by Crippen LogP contribution is -2.32. The van der Waals surface area contributed by atoms with Crippen LogP contribution in [-0.4, -0.2) is 38.1 Å². The molecule has 5 nitrogen and oxygen atoms in total. The number of hydrogen-bond donors (Lipinski definition) is 4. The molecule has 1 atom stereocenters. The molecule has 2 rings (SSSR count). The van der Waals surface area contributed by atoms with Crippen LogP contribution in [0.4, 0.5) is 0 Å². The third kappa shape index (κ3) is 4.54. The first-order valence-electron chi connectivity index (χ1n) is 6.77. The van der Waals surface area contributed by atoms with Crippen LogP contribution >= 0.6 is 0 Å². The van der Waals surface area contributed by atoms with Crippen molar-refractivity contribution in [1.82, 2.24) is 10.6 Å². The van der Waals surface area contributed by atoms with Crippen molar-refractivity contribution in [1.29, 1.82) is 5.41 Å². The molecule has 1 unspecified atom stereocenters. The van der Waals surface area contributed by atoms with Gasteiger partial charge in [0.05, 0.1) is 6.61 Å². The summed E-state index contributed by atoms with van der Waals surface area (Å²) in [7, 11) is 0. The van der Waals surface area contributed by atoms with E-state index in [9.17, 15) is 0 Å². The van der Waals surface area contributed by atoms with E-state index in [0.29, 0.717) is 12.6 Å². The lowest BCUT2D eigenvalue weighted by Gasteiger charge is -2.11. The summed E-state index contributed by atoms with van der Waals surface area (Å²) in [4.78, 5) is 0. The minimum absolute atomic E-state index is 0.0842. The van der Waals surface area contributed by atoms with Crippen molar-refractivity contribution in [3.05, 3.63) is 29.8 Å². The van der Waals surface area contributed by atoms with Crippen molar-refractivity contribution in [3.8, 4) is 5.75 Å². The van der Waals surface area contributed by atoms with Crippen LogP contribution in [0.25, 0.3) is 0 Å². The largest absolute Gasteiger partial charge is 0.494 e. The van der Waals surface area contributed by atoms with Gasteiger partial charge in [0.1, 0.15) is 11.6 Å². The van der Waals surface area contributed by atoms with Gasteiger partial charge in [0.25, 0.3) is 0 Å². The first-order valence-corrected chi connectivity index (χ1v) is 6.77. The highest BCUT2D eigenvalue weighted by Crippen LogP contribution is 2.11.